The maximum absolute atomic E-state index is 10.2. The van der Waals surface area contributed by atoms with Crippen molar-refractivity contribution in [2.75, 3.05) is 6.54 Å². The number of carboxylic acid groups (broad SMARTS) is 1. The molecule has 86 valence electrons. The van der Waals surface area contributed by atoms with Crippen molar-refractivity contribution in [3.63, 3.8) is 0 Å². The summed E-state index contributed by atoms with van der Waals surface area (Å²) in [5.41, 5.74) is 2.44. The standard InChI is InChI=1S/C13H17NO2/c1-10-5-7-12(8-6-10)11(2)14-9-3-4-13(15)16/h3-8,11,14H,9H2,1-2H3,(H,15,16)/b4-3+/t11-/m1/s1. The Kier molecular flexibility index (Phi) is 4.73. The second kappa shape index (κ2) is 6.08. The summed E-state index contributed by atoms with van der Waals surface area (Å²) in [6.07, 6.45) is 2.75. The maximum atomic E-state index is 10.2. The summed E-state index contributed by atoms with van der Waals surface area (Å²) < 4.78 is 0. The highest BCUT2D eigenvalue weighted by Crippen LogP contribution is 2.12. The van der Waals surface area contributed by atoms with Gasteiger partial charge in [-0.25, -0.2) is 4.79 Å². The molecule has 16 heavy (non-hydrogen) atoms. The third-order valence-electron chi connectivity index (χ3n) is 2.38. The van der Waals surface area contributed by atoms with Crippen LogP contribution in [-0.2, 0) is 4.79 Å². The summed E-state index contributed by atoms with van der Waals surface area (Å²) in [5, 5.41) is 11.6. The van der Waals surface area contributed by atoms with Crippen LogP contribution < -0.4 is 5.32 Å². The molecule has 1 atom stereocenters. The molecule has 1 aromatic rings. The van der Waals surface area contributed by atoms with Crippen LogP contribution >= 0.6 is 0 Å². The number of hydrogen-bond acceptors (Lipinski definition) is 2. The molecule has 0 aromatic heterocycles. The molecule has 1 rings (SSSR count). The Balaban J connectivity index is 2.43. The van der Waals surface area contributed by atoms with Crippen molar-refractivity contribution < 1.29 is 9.90 Å². The third kappa shape index (κ3) is 4.28. The van der Waals surface area contributed by atoms with E-state index in [1.54, 1.807) is 6.08 Å². The van der Waals surface area contributed by atoms with Gasteiger partial charge in [-0.2, -0.15) is 0 Å². The average Bonchev–Trinajstić information content (AvgIpc) is 2.25. The summed E-state index contributed by atoms with van der Waals surface area (Å²) >= 11 is 0. The minimum atomic E-state index is -0.912. The molecule has 0 radical (unpaired) electrons. The Morgan fingerprint density at radius 2 is 2.06 bits per heavy atom. The molecule has 0 aliphatic rings. The molecule has 0 heterocycles. The fourth-order valence-electron chi connectivity index (χ4n) is 1.38. The van der Waals surface area contributed by atoms with Crippen molar-refractivity contribution in [3.05, 3.63) is 47.5 Å². The van der Waals surface area contributed by atoms with Gasteiger partial charge in [0.1, 0.15) is 0 Å². The highest BCUT2D eigenvalue weighted by molar-refractivity contribution is 5.79. The third-order valence-corrected chi connectivity index (χ3v) is 2.38. The van der Waals surface area contributed by atoms with Crippen LogP contribution in [0.25, 0.3) is 0 Å². The van der Waals surface area contributed by atoms with Crippen LogP contribution in [0, 0.1) is 6.92 Å². The highest BCUT2D eigenvalue weighted by atomic mass is 16.4. The molecule has 0 saturated heterocycles. The van der Waals surface area contributed by atoms with E-state index in [-0.39, 0.29) is 6.04 Å². The van der Waals surface area contributed by atoms with Crippen LogP contribution in [0.1, 0.15) is 24.1 Å². The largest absolute Gasteiger partial charge is 0.478 e. The minimum absolute atomic E-state index is 0.221. The molecule has 0 aliphatic carbocycles. The molecule has 2 N–H and O–H groups in total. The molecule has 1 aromatic carbocycles. The molecule has 0 spiro atoms. The molecule has 0 fully saturated rings. The number of rotatable bonds is 5. The van der Waals surface area contributed by atoms with Gasteiger partial charge in [0, 0.05) is 18.7 Å². The van der Waals surface area contributed by atoms with Crippen molar-refractivity contribution >= 4 is 5.97 Å². The number of carbonyl (C=O) groups is 1. The van der Waals surface area contributed by atoms with Crippen LogP contribution in [-0.4, -0.2) is 17.6 Å². The van der Waals surface area contributed by atoms with Gasteiger partial charge in [-0.05, 0) is 19.4 Å². The number of carboxylic acids is 1. The number of hydrogen-bond donors (Lipinski definition) is 2. The molecule has 0 saturated carbocycles. The van der Waals surface area contributed by atoms with E-state index in [1.165, 1.54) is 11.1 Å². The number of aliphatic carboxylic acids is 1. The molecule has 3 nitrogen and oxygen atoms in total. The van der Waals surface area contributed by atoms with Gasteiger partial charge in [0.25, 0.3) is 0 Å². The van der Waals surface area contributed by atoms with Crippen molar-refractivity contribution in [3.8, 4) is 0 Å². The monoisotopic (exact) mass is 219 g/mol. The van der Waals surface area contributed by atoms with Crippen LogP contribution in [0.3, 0.4) is 0 Å². The second-order valence-electron chi connectivity index (χ2n) is 3.78. The van der Waals surface area contributed by atoms with E-state index < -0.39 is 5.97 Å². The predicted molar refractivity (Wildman–Crippen MR) is 64.4 cm³/mol. The van der Waals surface area contributed by atoms with E-state index in [2.05, 4.69) is 43.4 Å². The van der Waals surface area contributed by atoms with Gasteiger partial charge in [0.15, 0.2) is 0 Å². The van der Waals surface area contributed by atoms with E-state index in [4.69, 9.17) is 5.11 Å². The average molecular weight is 219 g/mol. The molecule has 0 bridgehead atoms. The summed E-state index contributed by atoms with van der Waals surface area (Å²) in [6.45, 7) is 4.66. The molecular weight excluding hydrogens is 202 g/mol. The number of nitrogens with one attached hydrogen (secondary N) is 1. The Labute approximate surface area is 95.8 Å². The van der Waals surface area contributed by atoms with Crippen molar-refractivity contribution in [2.45, 2.75) is 19.9 Å². The van der Waals surface area contributed by atoms with Crippen molar-refractivity contribution in [1.29, 1.82) is 0 Å². The first-order chi connectivity index (χ1) is 7.59. The zero-order valence-electron chi connectivity index (χ0n) is 9.60. The van der Waals surface area contributed by atoms with E-state index in [0.717, 1.165) is 6.08 Å². The molecule has 3 heteroatoms. The minimum Gasteiger partial charge on any atom is -0.478 e. The van der Waals surface area contributed by atoms with Crippen LogP contribution in [0.5, 0.6) is 0 Å². The Hall–Kier alpha value is -1.61. The molecular formula is C13H17NO2. The molecule has 0 unspecified atom stereocenters. The topological polar surface area (TPSA) is 49.3 Å². The van der Waals surface area contributed by atoms with Gasteiger partial charge in [0.2, 0.25) is 0 Å². The van der Waals surface area contributed by atoms with Crippen LogP contribution in [0.4, 0.5) is 0 Å². The van der Waals surface area contributed by atoms with Gasteiger partial charge in [-0.1, -0.05) is 35.9 Å². The smallest absolute Gasteiger partial charge is 0.328 e. The van der Waals surface area contributed by atoms with Gasteiger partial charge >= 0.3 is 5.97 Å². The molecule has 0 aliphatic heterocycles. The zero-order valence-corrected chi connectivity index (χ0v) is 9.60. The van der Waals surface area contributed by atoms with Gasteiger partial charge in [0.05, 0.1) is 0 Å². The fraction of sp³-hybridized carbons (Fsp3) is 0.308. The lowest BCUT2D eigenvalue weighted by atomic mass is 10.1. The predicted octanol–water partition coefficient (Wildman–Crippen LogP) is 2.29. The Bertz CT molecular complexity index is 368. The second-order valence-corrected chi connectivity index (χ2v) is 3.78. The summed E-state index contributed by atoms with van der Waals surface area (Å²) in [7, 11) is 0. The lowest BCUT2D eigenvalue weighted by molar-refractivity contribution is -0.131. The van der Waals surface area contributed by atoms with Crippen molar-refractivity contribution in [2.24, 2.45) is 0 Å². The quantitative estimate of drug-likeness (QED) is 0.747. The van der Waals surface area contributed by atoms with Crippen molar-refractivity contribution in [1.82, 2.24) is 5.32 Å². The SMILES string of the molecule is Cc1ccc([C@@H](C)NC/C=C/C(=O)O)cc1. The molecule has 0 amide bonds. The Morgan fingerprint density at radius 1 is 1.44 bits per heavy atom. The first-order valence-electron chi connectivity index (χ1n) is 5.29. The normalized spacial score (nSPS) is 12.9. The maximum Gasteiger partial charge on any atom is 0.328 e. The van der Waals surface area contributed by atoms with Gasteiger partial charge in [-0.15, -0.1) is 0 Å². The number of aryl methyl sites for hydroxylation is 1. The van der Waals surface area contributed by atoms with Gasteiger partial charge in [-0.3, -0.25) is 0 Å². The van der Waals surface area contributed by atoms with E-state index in [0.29, 0.717) is 6.54 Å². The first-order valence-corrected chi connectivity index (χ1v) is 5.29. The Morgan fingerprint density at radius 3 is 2.62 bits per heavy atom. The van der Waals surface area contributed by atoms with E-state index in [1.807, 2.05) is 0 Å². The summed E-state index contributed by atoms with van der Waals surface area (Å²) in [5.74, 6) is -0.912. The highest BCUT2D eigenvalue weighted by Gasteiger charge is 2.02. The lowest BCUT2D eigenvalue weighted by Crippen LogP contribution is -2.18. The summed E-state index contributed by atoms with van der Waals surface area (Å²) in [4.78, 5) is 10.2. The van der Waals surface area contributed by atoms with Gasteiger partial charge < -0.3 is 10.4 Å². The zero-order chi connectivity index (χ0) is 12.0. The van der Waals surface area contributed by atoms with Crippen LogP contribution in [0.2, 0.25) is 0 Å². The van der Waals surface area contributed by atoms with E-state index in [9.17, 15) is 4.79 Å². The van der Waals surface area contributed by atoms with E-state index >= 15 is 0 Å². The number of benzene rings is 1. The fourth-order valence-corrected chi connectivity index (χ4v) is 1.38. The first kappa shape index (κ1) is 12.5. The van der Waals surface area contributed by atoms with Crippen LogP contribution in [0.15, 0.2) is 36.4 Å². The summed E-state index contributed by atoms with van der Waals surface area (Å²) in [6, 6.07) is 8.52. The lowest BCUT2D eigenvalue weighted by Gasteiger charge is -2.12.